The van der Waals surface area contributed by atoms with Crippen LogP contribution in [0.5, 0.6) is 5.75 Å². The zero-order valence-corrected chi connectivity index (χ0v) is 18.0. The second-order valence-electron chi connectivity index (χ2n) is 7.34. The van der Waals surface area contributed by atoms with Gasteiger partial charge in [0, 0.05) is 17.6 Å². The van der Waals surface area contributed by atoms with E-state index in [4.69, 9.17) is 16.3 Å². The molecular weight excluding hydrogens is 449 g/mol. The number of hydrogen-bond acceptors (Lipinski definition) is 5. The molecule has 2 amide bonds. The molecule has 11 heteroatoms. The molecule has 2 aliphatic heterocycles. The molecule has 1 atom stereocenters. The van der Waals surface area contributed by atoms with E-state index in [1.54, 1.807) is 6.92 Å². The van der Waals surface area contributed by atoms with Crippen molar-refractivity contribution in [2.45, 2.75) is 30.7 Å². The average molecular weight is 468 g/mol. The van der Waals surface area contributed by atoms with Crippen molar-refractivity contribution in [3.8, 4) is 5.75 Å². The van der Waals surface area contributed by atoms with Gasteiger partial charge in [-0.3, -0.25) is 9.59 Å². The highest BCUT2D eigenvalue weighted by atomic mass is 35.5. The predicted molar refractivity (Wildman–Crippen MR) is 112 cm³/mol. The Hall–Kier alpha value is -2.69. The Morgan fingerprint density at radius 1 is 1.32 bits per heavy atom. The van der Waals surface area contributed by atoms with Gasteiger partial charge in [0.1, 0.15) is 17.6 Å². The van der Waals surface area contributed by atoms with E-state index in [0.29, 0.717) is 24.1 Å². The maximum atomic E-state index is 14.1. The number of aryl methyl sites for hydroxylation is 1. The summed E-state index contributed by atoms with van der Waals surface area (Å²) in [5.74, 6) is -1.42. The molecule has 0 spiro atoms. The Kier molecular flexibility index (Phi) is 5.63. The standard InChI is InChI=1S/C20H19ClFN3O5S/c1-11-7-15-17(30-10-19(26)23-15)9-18(11)31(28,29)25-6-2-3-16(25)20(27)24-14-5-4-12(21)8-13(14)22/h4-5,7-9,16H,2-3,6,10H2,1H3,(H,23,26)(H,24,27). The van der Waals surface area contributed by atoms with Gasteiger partial charge in [-0.25, -0.2) is 12.8 Å². The zero-order valence-electron chi connectivity index (χ0n) is 16.4. The Bertz CT molecular complexity index is 1190. The molecule has 1 saturated heterocycles. The van der Waals surface area contributed by atoms with Crippen molar-refractivity contribution in [2.24, 2.45) is 0 Å². The first-order chi connectivity index (χ1) is 14.7. The topological polar surface area (TPSA) is 105 Å². The van der Waals surface area contributed by atoms with Crippen LogP contribution in [0.2, 0.25) is 5.02 Å². The number of amides is 2. The minimum atomic E-state index is -4.05. The first-order valence-corrected chi connectivity index (χ1v) is 11.3. The molecule has 2 aliphatic rings. The molecule has 0 bridgehead atoms. The van der Waals surface area contributed by atoms with E-state index in [9.17, 15) is 22.4 Å². The molecular formula is C20H19ClFN3O5S. The molecule has 4 rings (SSSR count). The number of fused-ring (bicyclic) bond motifs is 1. The molecule has 0 saturated carbocycles. The lowest BCUT2D eigenvalue weighted by Crippen LogP contribution is -2.43. The fourth-order valence-corrected chi connectivity index (χ4v) is 5.76. The molecule has 0 aliphatic carbocycles. The van der Waals surface area contributed by atoms with Gasteiger partial charge < -0.3 is 15.4 Å². The van der Waals surface area contributed by atoms with E-state index < -0.39 is 27.8 Å². The Labute approximate surface area is 183 Å². The van der Waals surface area contributed by atoms with Gasteiger partial charge >= 0.3 is 0 Å². The molecule has 0 aromatic heterocycles. The SMILES string of the molecule is Cc1cc2c(cc1S(=O)(=O)N1CCCC1C(=O)Nc1ccc(Cl)cc1F)OCC(=O)N2. The van der Waals surface area contributed by atoms with Crippen molar-refractivity contribution < 1.29 is 27.1 Å². The number of carbonyl (C=O) groups is 2. The smallest absolute Gasteiger partial charge is 0.262 e. The van der Waals surface area contributed by atoms with Crippen LogP contribution < -0.4 is 15.4 Å². The van der Waals surface area contributed by atoms with Gasteiger partial charge in [0.05, 0.1) is 16.3 Å². The van der Waals surface area contributed by atoms with Crippen LogP contribution in [-0.4, -0.2) is 43.7 Å². The minimum absolute atomic E-state index is 0.0141. The van der Waals surface area contributed by atoms with Crippen LogP contribution in [0.4, 0.5) is 15.8 Å². The van der Waals surface area contributed by atoms with Crippen LogP contribution in [0.15, 0.2) is 35.2 Å². The molecule has 1 fully saturated rings. The number of benzene rings is 2. The molecule has 31 heavy (non-hydrogen) atoms. The maximum absolute atomic E-state index is 14.1. The monoisotopic (exact) mass is 467 g/mol. The Morgan fingerprint density at radius 3 is 2.84 bits per heavy atom. The lowest BCUT2D eigenvalue weighted by atomic mass is 10.2. The third kappa shape index (κ3) is 4.10. The molecule has 1 unspecified atom stereocenters. The summed E-state index contributed by atoms with van der Waals surface area (Å²) in [5, 5.41) is 5.26. The first-order valence-electron chi connectivity index (χ1n) is 9.52. The fourth-order valence-electron chi connectivity index (χ4n) is 3.72. The number of ether oxygens (including phenoxy) is 1. The largest absolute Gasteiger partial charge is 0.482 e. The normalized spacial score (nSPS) is 18.8. The molecule has 164 valence electrons. The fraction of sp³-hybridized carbons (Fsp3) is 0.300. The number of nitrogens with zero attached hydrogens (tertiary/aromatic N) is 1. The second kappa shape index (κ2) is 8.10. The summed E-state index contributed by atoms with van der Waals surface area (Å²) in [6.07, 6.45) is 0.785. The lowest BCUT2D eigenvalue weighted by molar-refractivity contribution is -0.119. The lowest BCUT2D eigenvalue weighted by Gasteiger charge is -2.26. The molecule has 2 aromatic carbocycles. The number of carbonyl (C=O) groups excluding carboxylic acids is 2. The van der Waals surface area contributed by atoms with E-state index >= 15 is 0 Å². The van der Waals surface area contributed by atoms with Crippen LogP contribution in [-0.2, 0) is 19.6 Å². The highest BCUT2D eigenvalue weighted by Gasteiger charge is 2.40. The highest BCUT2D eigenvalue weighted by molar-refractivity contribution is 7.89. The maximum Gasteiger partial charge on any atom is 0.262 e. The quantitative estimate of drug-likeness (QED) is 0.719. The number of halogens is 2. The summed E-state index contributed by atoms with van der Waals surface area (Å²) in [6, 6.07) is 5.70. The van der Waals surface area contributed by atoms with Crippen molar-refractivity contribution in [3.63, 3.8) is 0 Å². The highest BCUT2D eigenvalue weighted by Crippen LogP contribution is 2.36. The van der Waals surface area contributed by atoms with Gasteiger partial charge in [0.15, 0.2) is 6.61 Å². The van der Waals surface area contributed by atoms with E-state index in [-0.39, 0.29) is 40.4 Å². The predicted octanol–water partition coefficient (Wildman–Crippen LogP) is 2.91. The van der Waals surface area contributed by atoms with Crippen LogP contribution in [0.3, 0.4) is 0 Å². The minimum Gasteiger partial charge on any atom is -0.482 e. The van der Waals surface area contributed by atoms with Crippen LogP contribution in [0.1, 0.15) is 18.4 Å². The number of nitrogens with one attached hydrogen (secondary N) is 2. The summed E-state index contributed by atoms with van der Waals surface area (Å²) in [7, 11) is -4.05. The van der Waals surface area contributed by atoms with Crippen molar-refractivity contribution in [3.05, 3.63) is 46.7 Å². The van der Waals surface area contributed by atoms with Crippen LogP contribution >= 0.6 is 11.6 Å². The number of rotatable bonds is 4. The zero-order chi connectivity index (χ0) is 22.3. The number of anilines is 2. The van der Waals surface area contributed by atoms with Gasteiger partial charge in [0.25, 0.3) is 5.91 Å². The van der Waals surface area contributed by atoms with Crippen molar-refractivity contribution in [1.29, 1.82) is 0 Å². The summed E-state index contributed by atoms with van der Waals surface area (Å²) in [5.41, 5.74) is 0.716. The molecule has 2 aromatic rings. The van der Waals surface area contributed by atoms with Crippen LogP contribution in [0, 0.1) is 12.7 Å². The van der Waals surface area contributed by atoms with Crippen molar-refractivity contribution in [1.82, 2.24) is 4.31 Å². The van der Waals surface area contributed by atoms with Gasteiger partial charge in [-0.15, -0.1) is 0 Å². The van der Waals surface area contributed by atoms with Gasteiger partial charge in [-0.2, -0.15) is 4.31 Å². The molecule has 2 heterocycles. The van der Waals surface area contributed by atoms with E-state index in [1.807, 2.05) is 0 Å². The molecule has 8 nitrogen and oxygen atoms in total. The second-order valence-corrected chi connectivity index (χ2v) is 9.63. The Morgan fingerprint density at radius 2 is 2.10 bits per heavy atom. The summed E-state index contributed by atoms with van der Waals surface area (Å²) in [4.78, 5) is 24.3. The third-order valence-electron chi connectivity index (χ3n) is 5.19. The first kappa shape index (κ1) is 21.5. The molecule has 0 radical (unpaired) electrons. The van der Waals surface area contributed by atoms with Crippen molar-refractivity contribution >= 4 is 44.8 Å². The number of hydrogen-bond donors (Lipinski definition) is 2. The van der Waals surface area contributed by atoms with Gasteiger partial charge in [0.2, 0.25) is 15.9 Å². The van der Waals surface area contributed by atoms with Crippen LogP contribution in [0.25, 0.3) is 0 Å². The average Bonchev–Trinajstić information content (AvgIpc) is 3.20. The van der Waals surface area contributed by atoms with Gasteiger partial charge in [-0.1, -0.05) is 11.6 Å². The van der Waals surface area contributed by atoms with Crippen molar-refractivity contribution in [2.75, 3.05) is 23.8 Å². The van der Waals surface area contributed by atoms with Gasteiger partial charge in [-0.05, 0) is 49.6 Å². The summed E-state index contributed by atoms with van der Waals surface area (Å²) < 4.78 is 47.3. The van der Waals surface area contributed by atoms with E-state index in [2.05, 4.69) is 10.6 Å². The molecule has 2 N–H and O–H groups in total. The summed E-state index contributed by atoms with van der Waals surface area (Å²) in [6.45, 7) is 1.54. The Balaban J connectivity index is 1.62. The third-order valence-corrected chi connectivity index (χ3v) is 7.48. The summed E-state index contributed by atoms with van der Waals surface area (Å²) >= 11 is 5.73. The number of sulfonamides is 1. The van der Waals surface area contributed by atoms with E-state index in [0.717, 1.165) is 10.4 Å². The van der Waals surface area contributed by atoms with E-state index in [1.165, 1.54) is 24.3 Å².